The fourth-order valence-electron chi connectivity index (χ4n) is 10.7. The molecule has 79 heavy (non-hydrogen) atoms. The van der Waals surface area contributed by atoms with Crippen molar-refractivity contribution in [2.75, 3.05) is 31.3 Å². The fraction of sp³-hybridized carbons (Fsp3) is 0.672. The summed E-state index contributed by atoms with van der Waals surface area (Å²) in [6.07, 6.45) is 8.12. The fourth-order valence-corrected chi connectivity index (χ4v) is 12.0. The topological polar surface area (TPSA) is 268 Å². The van der Waals surface area contributed by atoms with Crippen molar-refractivity contribution < 1.29 is 67.6 Å². The van der Waals surface area contributed by atoms with Gasteiger partial charge in [0.15, 0.2) is 5.78 Å². The van der Waals surface area contributed by atoms with Gasteiger partial charge >= 0.3 is 18.0 Å². The third kappa shape index (κ3) is 17.8. The number of aliphatic carboxylic acids is 1. The molecular weight excluding hydrogens is 1060 g/mol. The molecule has 10 atom stereocenters. The number of hydrogen-bond acceptors (Lipinski definition) is 14. The van der Waals surface area contributed by atoms with Gasteiger partial charge < -0.3 is 44.9 Å². The van der Waals surface area contributed by atoms with E-state index in [0.29, 0.717) is 62.2 Å². The first-order chi connectivity index (χ1) is 37.2. The van der Waals surface area contributed by atoms with Gasteiger partial charge in [-0.15, -0.1) is 11.8 Å². The van der Waals surface area contributed by atoms with Gasteiger partial charge in [0.05, 0.1) is 29.3 Å². The van der Waals surface area contributed by atoms with Crippen molar-refractivity contribution >= 4 is 82.3 Å². The zero-order valence-corrected chi connectivity index (χ0v) is 49.2. The number of ketones is 2. The summed E-state index contributed by atoms with van der Waals surface area (Å²) in [5, 5.41) is 29.2. The van der Waals surface area contributed by atoms with Crippen molar-refractivity contribution in [2.24, 2.45) is 23.7 Å². The van der Waals surface area contributed by atoms with Crippen LogP contribution in [0.1, 0.15) is 149 Å². The molecule has 438 valence electrons. The largest absolute Gasteiger partial charge is 0.480 e. The number of esters is 1. The number of carbonyl (C=O) groups excluding carboxylic acids is 8. The van der Waals surface area contributed by atoms with Gasteiger partial charge in [0, 0.05) is 76.3 Å². The summed E-state index contributed by atoms with van der Waals surface area (Å²) < 4.78 is 18.2. The molecule has 19 nitrogen and oxygen atoms in total. The van der Waals surface area contributed by atoms with E-state index in [4.69, 9.17) is 25.8 Å². The lowest BCUT2D eigenvalue weighted by atomic mass is 9.79. The molecule has 5 amide bonds. The lowest BCUT2D eigenvalue weighted by molar-refractivity contribution is -0.162. The molecule has 0 aromatic heterocycles. The van der Waals surface area contributed by atoms with Gasteiger partial charge in [0.1, 0.15) is 40.6 Å². The van der Waals surface area contributed by atoms with Crippen molar-refractivity contribution in [2.45, 2.75) is 199 Å². The smallest absolute Gasteiger partial charge is 0.409 e. The van der Waals surface area contributed by atoms with Gasteiger partial charge in [-0.3, -0.25) is 38.9 Å². The van der Waals surface area contributed by atoms with Gasteiger partial charge in [-0.25, -0.2) is 9.59 Å². The Labute approximate surface area is 474 Å². The molecule has 5 rings (SSSR count). The highest BCUT2D eigenvalue weighted by Crippen LogP contribution is 2.49. The van der Waals surface area contributed by atoms with Gasteiger partial charge in [-0.05, 0) is 103 Å². The average molecular weight is 1140 g/mol. The van der Waals surface area contributed by atoms with Gasteiger partial charge in [-0.1, -0.05) is 75.1 Å². The number of halogens is 1. The van der Waals surface area contributed by atoms with Gasteiger partial charge in [0.2, 0.25) is 23.6 Å². The summed E-state index contributed by atoms with van der Waals surface area (Å²) >= 11 is 7.77. The maximum Gasteiger partial charge on any atom is 0.409 e. The minimum atomic E-state index is -1.67. The molecular formula is C58H84ClN5O14S. The molecule has 0 spiro atoms. The van der Waals surface area contributed by atoms with Crippen LogP contribution in [0.3, 0.4) is 0 Å². The number of likely N-dealkylation sites (N-methyl/N-ethyl adjacent to an activating group) is 1. The molecule has 1 aromatic rings. The Morgan fingerprint density at radius 3 is 2.38 bits per heavy atom. The van der Waals surface area contributed by atoms with Crippen LogP contribution in [0.5, 0.6) is 0 Å². The predicted molar refractivity (Wildman–Crippen MR) is 300 cm³/mol. The number of aliphatic hydroxyl groups is 1. The minimum Gasteiger partial charge on any atom is -0.480 e. The molecule has 1 aliphatic carbocycles. The van der Waals surface area contributed by atoms with Crippen LogP contribution >= 0.6 is 23.4 Å². The maximum atomic E-state index is 14.3. The van der Waals surface area contributed by atoms with Crippen molar-refractivity contribution in [3.63, 3.8) is 0 Å². The van der Waals surface area contributed by atoms with E-state index in [-0.39, 0.29) is 60.7 Å². The summed E-state index contributed by atoms with van der Waals surface area (Å²) in [6, 6.07) is 2.11. The van der Waals surface area contributed by atoms with Crippen LogP contribution in [0.25, 0.3) is 0 Å². The van der Waals surface area contributed by atoms with Crippen LogP contribution in [0.2, 0.25) is 5.02 Å². The molecule has 1 aromatic carbocycles. The molecule has 3 heterocycles. The average Bonchev–Trinajstić information content (AvgIpc) is 4.22. The number of allylic oxidation sites excluding steroid dienone is 3. The molecule has 4 bridgehead atoms. The van der Waals surface area contributed by atoms with Gasteiger partial charge in [-0.2, -0.15) is 0 Å². The van der Waals surface area contributed by atoms with E-state index < -0.39 is 94.6 Å². The highest BCUT2D eigenvalue weighted by molar-refractivity contribution is 8.00. The van der Waals surface area contributed by atoms with E-state index in [1.807, 2.05) is 44.2 Å². The number of nitrogens with one attached hydrogen (secondary N) is 3. The summed E-state index contributed by atoms with van der Waals surface area (Å²) in [5.41, 5.74) is 0.119. The number of ether oxygens (including phenoxy) is 3. The zero-order chi connectivity index (χ0) is 58.5. The third-order valence-corrected chi connectivity index (χ3v) is 18.1. The first kappa shape index (κ1) is 64.5. The standard InChI is InChI=1S/C58H84ClN5O14S/c1-11-48(67)61-42(38(7)65)18-13-12-14-19-44(66)41-22-20-39(21-23-41)32-60-49(68)29-46(54(71)72)79-25-24-50(69)63(9)37(6)55(73)77-47-30-51(70)64(10)43-28-40(27-34(3)52(43)59)26-33(2)16-15-17-35(4)58(75)31-45(76-56(74)62-58)36(5)53-57(47,8)78-53/h15-17,27-28,35-37,39,41-42,45-47,53,75H,11-14,18-26,29-32H2,1-10H3,(H,60,68)(H,61,67)(H,62,74)(H,71,72)/b17-15+,33-16+/t35-,36+,37-,39?,41?,42?,45?,46?,47+,53-,57-,58-/m0/s1. The monoisotopic (exact) mass is 1140 g/mol. The number of benzene rings is 1. The number of aryl methyl sites for hydroxylation is 1. The number of hydrogen-bond donors (Lipinski definition) is 5. The number of anilines is 1. The molecule has 2 saturated heterocycles. The third-order valence-electron chi connectivity index (χ3n) is 16.4. The van der Waals surface area contributed by atoms with Crippen LogP contribution in [0, 0.1) is 30.6 Å². The Morgan fingerprint density at radius 1 is 1.03 bits per heavy atom. The highest BCUT2D eigenvalue weighted by Gasteiger charge is 2.64. The molecule has 3 aliphatic heterocycles. The van der Waals surface area contributed by atoms with Crippen molar-refractivity contribution in [3.05, 3.63) is 52.1 Å². The van der Waals surface area contributed by atoms with Crippen molar-refractivity contribution in [1.82, 2.24) is 20.9 Å². The number of fused-ring (bicyclic) bond motifs is 5. The number of carbonyl (C=O) groups is 9. The van der Waals surface area contributed by atoms with Gasteiger partial charge in [0.25, 0.3) is 0 Å². The van der Waals surface area contributed by atoms with Crippen LogP contribution in [0.4, 0.5) is 10.5 Å². The van der Waals surface area contributed by atoms with Crippen molar-refractivity contribution in [1.29, 1.82) is 0 Å². The minimum absolute atomic E-state index is 0.00928. The number of carboxylic acids is 1. The second-order valence-electron chi connectivity index (χ2n) is 22.5. The molecule has 3 unspecified atom stereocenters. The van der Waals surface area contributed by atoms with Crippen molar-refractivity contribution in [3.8, 4) is 0 Å². The van der Waals surface area contributed by atoms with E-state index >= 15 is 0 Å². The van der Waals surface area contributed by atoms with Crippen LogP contribution in [0.15, 0.2) is 35.9 Å². The van der Waals surface area contributed by atoms with Crippen LogP contribution < -0.4 is 20.9 Å². The number of unbranched alkanes of at least 4 members (excludes halogenated alkanes) is 2. The Morgan fingerprint density at radius 2 is 1.72 bits per heavy atom. The molecule has 4 aliphatic rings. The molecule has 5 N–H and O–H groups in total. The van der Waals surface area contributed by atoms with Crippen LogP contribution in [-0.2, 0) is 59.0 Å². The number of thioether (sulfide) groups is 1. The van der Waals surface area contributed by atoms with E-state index in [1.165, 1.54) is 30.7 Å². The number of Topliss-reactive ketones (excluding diaryl/α,β-unsaturated/α-hetero) is 2. The van der Waals surface area contributed by atoms with E-state index in [1.54, 1.807) is 34.7 Å². The normalized spacial score (nSPS) is 28.4. The Hall–Kier alpha value is -5.31. The number of epoxide rings is 1. The molecule has 3 fully saturated rings. The first-order valence-electron chi connectivity index (χ1n) is 27.9. The second kappa shape index (κ2) is 28.9. The summed E-state index contributed by atoms with van der Waals surface area (Å²) in [5.74, 6) is -4.42. The molecule has 0 radical (unpaired) electrons. The SMILES string of the molecule is CCC(=O)NC(CCCCCC(=O)C1CCC(CNC(=O)CC(SCCC(=O)N(C)[C@@H](C)C(=O)O[C@@H]2CC(=O)N(C)c3cc(cc(C)c3Cl)C/C(C)=C/C=C/[C@H](C)[C@@]3(O)CC(OC(=O)N3)[C@@H](C)[C@@H]3O[C@@]23C)C(=O)O)CC1)C(C)=O. The zero-order valence-electron chi connectivity index (χ0n) is 47.7. The summed E-state index contributed by atoms with van der Waals surface area (Å²) in [7, 11) is 3.00. The van der Waals surface area contributed by atoms with E-state index in [0.717, 1.165) is 54.1 Å². The Bertz CT molecular complexity index is 2480. The Kier molecular flexibility index (Phi) is 23.6. The van der Waals surface area contributed by atoms with E-state index in [9.17, 15) is 53.4 Å². The first-order valence-corrected chi connectivity index (χ1v) is 29.3. The number of amides is 5. The number of carboxylic acid groups (broad SMARTS) is 1. The second-order valence-corrected chi connectivity index (χ2v) is 24.2. The number of rotatable bonds is 22. The maximum absolute atomic E-state index is 14.3. The number of nitrogens with zero attached hydrogens (tertiary/aromatic N) is 2. The van der Waals surface area contributed by atoms with E-state index in [2.05, 4.69) is 16.0 Å². The van der Waals surface area contributed by atoms with Crippen LogP contribution in [-0.4, -0.2) is 142 Å². The summed E-state index contributed by atoms with van der Waals surface area (Å²) in [6.45, 7) is 14.1. The molecule has 1 saturated carbocycles. The lowest BCUT2D eigenvalue weighted by Crippen LogP contribution is -2.60. The molecule has 21 heteroatoms. The predicted octanol–water partition coefficient (Wildman–Crippen LogP) is 7.33. The quantitative estimate of drug-likeness (QED) is 0.0432. The number of alkyl carbamates (subject to hydrolysis) is 1. The lowest BCUT2D eigenvalue weighted by Gasteiger charge is -2.41. The summed E-state index contributed by atoms with van der Waals surface area (Å²) in [4.78, 5) is 119. The Balaban J connectivity index is 1.14. The highest BCUT2D eigenvalue weighted by atomic mass is 35.5.